The zero-order chi connectivity index (χ0) is 15.4. The molecule has 1 aliphatic rings. The molecule has 6 heteroatoms. The second-order valence-corrected chi connectivity index (χ2v) is 5.56. The number of carbonyl (C=O) groups is 1. The van der Waals surface area contributed by atoms with Crippen LogP contribution in [0.15, 0.2) is 18.2 Å². The number of nitro benzene ring substituents is 1. The minimum atomic E-state index is -0.522. The van der Waals surface area contributed by atoms with Gasteiger partial charge >= 0.3 is 0 Å². The Balaban J connectivity index is 2.16. The number of rotatable bonds is 4. The molecule has 0 aliphatic heterocycles. The number of benzene rings is 1. The summed E-state index contributed by atoms with van der Waals surface area (Å²) in [5.74, 6) is 0.157. The molecule has 0 bridgehead atoms. The van der Waals surface area contributed by atoms with Crippen LogP contribution in [0.4, 0.5) is 11.4 Å². The quantitative estimate of drug-likeness (QED) is 0.506. The Morgan fingerprint density at radius 2 is 2.14 bits per heavy atom. The Labute approximate surface area is 123 Å². The van der Waals surface area contributed by atoms with E-state index in [1.165, 1.54) is 24.6 Å². The number of carbonyl (C=O) groups excluding carboxylic acids is 1. The number of non-ortho nitro benzene ring substituents is 1. The van der Waals surface area contributed by atoms with Crippen molar-refractivity contribution in [2.75, 3.05) is 5.73 Å². The van der Waals surface area contributed by atoms with Gasteiger partial charge in [0.15, 0.2) is 0 Å². The number of nitro groups is 1. The highest BCUT2D eigenvalue weighted by atomic mass is 16.6. The zero-order valence-electron chi connectivity index (χ0n) is 12.2. The Morgan fingerprint density at radius 3 is 2.81 bits per heavy atom. The number of nitrogens with zero attached hydrogens (tertiary/aromatic N) is 1. The van der Waals surface area contributed by atoms with Gasteiger partial charge in [-0.2, -0.15) is 0 Å². The Hall–Kier alpha value is -2.11. The molecule has 21 heavy (non-hydrogen) atoms. The first-order valence-electron chi connectivity index (χ1n) is 7.37. The van der Waals surface area contributed by atoms with Crippen LogP contribution >= 0.6 is 0 Å². The number of anilines is 1. The molecule has 1 amide bonds. The average Bonchev–Trinajstić information content (AvgIpc) is 2.47. The third kappa shape index (κ3) is 3.51. The van der Waals surface area contributed by atoms with Crippen LogP contribution < -0.4 is 11.1 Å². The third-order valence-corrected chi connectivity index (χ3v) is 4.24. The van der Waals surface area contributed by atoms with E-state index in [0.717, 1.165) is 25.7 Å². The number of nitrogen functional groups attached to an aromatic ring is 1. The summed E-state index contributed by atoms with van der Waals surface area (Å²) in [6.45, 7) is 2.12. The Morgan fingerprint density at radius 1 is 1.43 bits per heavy atom. The normalized spacial score (nSPS) is 21.8. The van der Waals surface area contributed by atoms with Gasteiger partial charge in [-0.25, -0.2) is 0 Å². The lowest BCUT2D eigenvalue weighted by Crippen LogP contribution is -2.42. The summed E-state index contributed by atoms with van der Waals surface area (Å²) in [5, 5.41) is 13.8. The predicted octanol–water partition coefficient (Wildman–Crippen LogP) is 2.88. The highest BCUT2D eigenvalue weighted by Gasteiger charge is 2.26. The first kappa shape index (κ1) is 15.3. The van der Waals surface area contributed by atoms with E-state index < -0.39 is 4.92 Å². The van der Waals surface area contributed by atoms with Gasteiger partial charge in [0.1, 0.15) is 0 Å². The summed E-state index contributed by atoms with van der Waals surface area (Å²) in [4.78, 5) is 22.6. The fraction of sp³-hybridized carbons (Fsp3) is 0.533. The largest absolute Gasteiger partial charge is 0.398 e. The molecule has 2 rings (SSSR count). The van der Waals surface area contributed by atoms with Crippen LogP contribution in [0.1, 0.15) is 49.4 Å². The van der Waals surface area contributed by atoms with Crippen LogP contribution in [-0.4, -0.2) is 16.9 Å². The molecule has 1 aromatic carbocycles. The number of hydrogen-bond donors (Lipinski definition) is 2. The van der Waals surface area contributed by atoms with E-state index in [2.05, 4.69) is 12.2 Å². The molecular weight excluding hydrogens is 270 g/mol. The molecule has 0 aromatic heterocycles. The van der Waals surface area contributed by atoms with Gasteiger partial charge in [-0.15, -0.1) is 0 Å². The molecule has 114 valence electrons. The van der Waals surface area contributed by atoms with Crippen molar-refractivity contribution in [1.82, 2.24) is 5.32 Å². The van der Waals surface area contributed by atoms with Crippen molar-refractivity contribution in [2.45, 2.75) is 45.1 Å². The van der Waals surface area contributed by atoms with Gasteiger partial charge in [-0.1, -0.05) is 26.2 Å². The first-order valence-corrected chi connectivity index (χ1v) is 7.37. The zero-order valence-corrected chi connectivity index (χ0v) is 12.2. The van der Waals surface area contributed by atoms with Crippen LogP contribution in [0.25, 0.3) is 0 Å². The van der Waals surface area contributed by atoms with E-state index in [4.69, 9.17) is 5.73 Å². The summed E-state index contributed by atoms with van der Waals surface area (Å²) >= 11 is 0. The monoisotopic (exact) mass is 291 g/mol. The van der Waals surface area contributed by atoms with Crippen LogP contribution in [-0.2, 0) is 0 Å². The summed E-state index contributed by atoms with van der Waals surface area (Å²) in [6, 6.07) is 4.09. The van der Waals surface area contributed by atoms with Gasteiger partial charge in [0.25, 0.3) is 11.6 Å². The van der Waals surface area contributed by atoms with Crippen molar-refractivity contribution in [1.29, 1.82) is 0 Å². The highest BCUT2D eigenvalue weighted by Crippen LogP contribution is 2.27. The topological polar surface area (TPSA) is 98.3 Å². The fourth-order valence-corrected chi connectivity index (χ4v) is 2.99. The van der Waals surface area contributed by atoms with Crippen molar-refractivity contribution >= 4 is 17.3 Å². The summed E-state index contributed by atoms with van der Waals surface area (Å²) in [6.07, 6.45) is 5.40. The molecule has 1 saturated carbocycles. The standard InChI is InChI=1S/C15H21N3O3/c1-2-10-5-3-4-6-14(10)17-15(19)12-9-11(18(20)21)7-8-13(12)16/h7-10,14H,2-6,16H2,1H3,(H,17,19). The maximum absolute atomic E-state index is 12.4. The smallest absolute Gasteiger partial charge is 0.270 e. The minimum absolute atomic E-state index is 0.120. The van der Waals surface area contributed by atoms with Crippen molar-refractivity contribution in [3.63, 3.8) is 0 Å². The third-order valence-electron chi connectivity index (χ3n) is 4.24. The highest BCUT2D eigenvalue weighted by molar-refractivity contribution is 6.00. The second kappa shape index (κ2) is 6.56. The van der Waals surface area contributed by atoms with E-state index in [1.807, 2.05) is 0 Å². The van der Waals surface area contributed by atoms with Crippen molar-refractivity contribution in [3.05, 3.63) is 33.9 Å². The van der Waals surface area contributed by atoms with E-state index >= 15 is 0 Å². The van der Waals surface area contributed by atoms with Gasteiger partial charge in [0.2, 0.25) is 0 Å². The van der Waals surface area contributed by atoms with E-state index in [0.29, 0.717) is 5.92 Å². The summed E-state index contributed by atoms with van der Waals surface area (Å²) < 4.78 is 0. The number of hydrogen-bond acceptors (Lipinski definition) is 4. The predicted molar refractivity (Wildman–Crippen MR) is 81.0 cm³/mol. The lowest BCUT2D eigenvalue weighted by molar-refractivity contribution is -0.384. The number of nitrogens with two attached hydrogens (primary N) is 1. The molecular formula is C15H21N3O3. The average molecular weight is 291 g/mol. The molecule has 2 atom stereocenters. The van der Waals surface area contributed by atoms with E-state index in [-0.39, 0.29) is 28.9 Å². The van der Waals surface area contributed by atoms with E-state index in [9.17, 15) is 14.9 Å². The molecule has 0 radical (unpaired) electrons. The lowest BCUT2D eigenvalue weighted by atomic mass is 9.83. The van der Waals surface area contributed by atoms with Crippen molar-refractivity contribution in [3.8, 4) is 0 Å². The van der Waals surface area contributed by atoms with Crippen LogP contribution in [0, 0.1) is 16.0 Å². The number of nitrogens with one attached hydrogen (secondary N) is 1. The van der Waals surface area contributed by atoms with Gasteiger partial charge < -0.3 is 11.1 Å². The maximum atomic E-state index is 12.4. The molecule has 3 N–H and O–H groups in total. The molecule has 0 spiro atoms. The Bertz CT molecular complexity index is 545. The number of amides is 1. The van der Waals surface area contributed by atoms with Gasteiger partial charge in [-0.3, -0.25) is 14.9 Å². The SMILES string of the molecule is CCC1CCCCC1NC(=O)c1cc([N+](=O)[O-])ccc1N. The van der Waals surface area contributed by atoms with Crippen molar-refractivity contribution in [2.24, 2.45) is 5.92 Å². The lowest BCUT2D eigenvalue weighted by Gasteiger charge is -2.31. The van der Waals surface area contributed by atoms with Crippen LogP contribution in [0.2, 0.25) is 0 Å². The minimum Gasteiger partial charge on any atom is -0.398 e. The molecule has 0 saturated heterocycles. The molecule has 1 fully saturated rings. The van der Waals surface area contributed by atoms with Crippen LogP contribution in [0.5, 0.6) is 0 Å². The fourth-order valence-electron chi connectivity index (χ4n) is 2.99. The molecule has 2 unspecified atom stereocenters. The molecule has 1 aliphatic carbocycles. The van der Waals surface area contributed by atoms with Crippen LogP contribution in [0.3, 0.4) is 0 Å². The van der Waals surface area contributed by atoms with Gasteiger partial charge in [0, 0.05) is 23.9 Å². The molecule has 1 aromatic rings. The molecule has 6 nitrogen and oxygen atoms in total. The summed E-state index contributed by atoms with van der Waals surface area (Å²) in [5.41, 5.74) is 6.11. The first-order chi connectivity index (χ1) is 10.0. The van der Waals surface area contributed by atoms with E-state index in [1.54, 1.807) is 0 Å². The van der Waals surface area contributed by atoms with Crippen molar-refractivity contribution < 1.29 is 9.72 Å². The van der Waals surface area contributed by atoms with Gasteiger partial charge in [0.05, 0.1) is 10.5 Å². The summed E-state index contributed by atoms with van der Waals surface area (Å²) in [7, 11) is 0. The molecule has 0 heterocycles. The Kier molecular flexibility index (Phi) is 4.77. The van der Waals surface area contributed by atoms with Gasteiger partial charge in [-0.05, 0) is 24.8 Å². The maximum Gasteiger partial charge on any atom is 0.270 e. The second-order valence-electron chi connectivity index (χ2n) is 5.56.